The standard InChI is InChI=1S/C32H38N4O4/c1-8-39-31(38)29-24(16-40-32(5,6)7)33-23-14-20(26-18(3)12-17(2)13-19(26)4)15-25(37)28(23)27(29)21-10-9-11-22-30(21)35-36-34-22/h9-13,20,27,29H,8,14-16H2,1-7H3,(H,34,35,36). The van der Waals surface area contributed by atoms with E-state index in [1.807, 2.05) is 39.0 Å². The summed E-state index contributed by atoms with van der Waals surface area (Å²) in [7, 11) is 0. The van der Waals surface area contributed by atoms with Gasteiger partial charge in [0.25, 0.3) is 0 Å². The fraction of sp³-hybridized carbons (Fsp3) is 0.469. The molecule has 0 amide bonds. The van der Waals surface area contributed by atoms with E-state index >= 15 is 0 Å². The maximum Gasteiger partial charge on any atom is 0.315 e. The van der Waals surface area contributed by atoms with Gasteiger partial charge in [-0.05, 0) is 89.1 Å². The van der Waals surface area contributed by atoms with E-state index < -0.39 is 23.4 Å². The van der Waals surface area contributed by atoms with Gasteiger partial charge in [-0.1, -0.05) is 29.8 Å². The molecule has 0 radical (unpaired) electrons. The van der Waals surface area contributed by atoms with E-state index in [1.165, 1.54) is 22.3 Å². The molecule has 1 N–H and O–H groups in total. The van der Waals surface area contributed by atoms with Crippen molar-refractivity contribution in [2.45, 2.75) is 78.7 Å². The minimum atomic E-state index is -0.813. The van der Waals surface area contributed by atoms with Gasteiger partial charge in [0.15, 0.2) is 5.78 Å². The molecule has 0 saturated carbocycles. The molecule has 210 valence electrons. The second-order valence-electron chi connectivity index (χ2n) is 12.0. The van der Waals surface area contributed by atoms with Crippen molar-refractivity contribution in [2.24, 2.45) is 10.9 Å². The molecule has 2 aromatic carbocycles. The molecule has 8 nitrogen and oxygen atoms in total. The van der Waals surface area contributed by atoms with Crippen LogP contribution in [0.25, 0.3) is 11.0 Å². The van der Waals surface area contributed by atoms with E-state index in [-0.39, 0.29) is 24.9 Å². The van der Waals surface area contributed by atoms with E-state index in [1.54, 1.807) is 6.92 Å². The van der Waals surface area contributed by atoms with Gasteiger partial charge >= 0.3 is 5.97 Å². The zero-order chi connectivity index (χ0) is 28.8. The summed E-state index contributed by atoms with van der Waals surface area (Å²) in [5.74, 6) is -1.83. The molecule has 40 heavy (non-hydrogen) atoms. The summed E-state index contributed by atoms with van der Waals surface area (Å²) in [5, 5.41) is 11.4. The number of hydrogen-bond donors (Lipinski definition) is 1. The topological polar surface area (TPSA) is 107 Å². The average Bonchev–Trinajstić information content (AvgIpc) is 3.35. The molecule has 0 spiro atoms. The monoisotopic (exact) mass is 542 g/mol. The van der Waals surface area contributed by atoms with Crippen molar-refractivity contribution < 1.29 is 19.1 Å². The molecule has 0 bridgehead atoms. The van der Waals surface area contributed by atoms with Crippen molar-refractivity contribution in [3.05, 3.63) is 69.4 Å². The lowest BCUT2D eigenvalue weighted by Crippen LogP contribution is -2.42. The van der Waals surface area contributed by atoms with Crippen molar-refractivity contribution in [1.82, 2.24) is 15.4 Å². The molecule has 5 rings (SSSR count). The van der Waals surface area contributed by atoms with Crippen LogP contribution >= 0.6 is 0 Å². The number of Topliss-reactive ketones (excluding diaryl/α,β-unsaturated/α-hetero) is 1. The van der Waals surface area contributed by atoms with E-state index in [9.17, 15) is 9.59 Å². The van der Waals surface area contributed by atoms with Crippen molar-refractivity contribution in [2.75, 3.05) is 13.2 Å². The zero-order valence-electron chi connectivity index (χ0n) is 24.4. The minimum Gasteiger partial charge on any atom is -0.465 e. The third-order valence-electron chi connectivity index (χ3n) is 7.82. The number of ether oxygens (including phenoxy) is 2. The Morgan fingerprint density at radius 2 is 1.80 bits per heavy atom. The van der Waals surface area contributed by atoms with Crippen LogP contribution in [-0.2, 0) is 19.1 Å². The van der Waals surface area contributed by atoms with Gasteiger partial charge in [0, 0.05) is 23.6 Å². The van der Waals surface area contributed by atoms with Crippen molar-refractivity contribution in [1.29, 1.82) is 0 Å². The maximum atomic E-state index is 14.2. The summed E-state index contributed by atoms with van der Waals surface area (Å²) < 4.78 is 11.8. The predicted octanol–water partition coefficient (Wildman–Crippen LogP) is 5.82. The van der Waals surface area contributed by atoms with Crippen molar-refractivity contribution in [3.63, 3.8) is 0 Å². The summed E-state index contributed by atoms with van der Waals surface area (Å²) in [4.78, 5) is 32.8. The lowest BCUT2D eigenvalue weighted by molar-refractivity contribution is -0.146. The number of H-pyrrole nitrogens is 1. The molecule has 3 atom stereocenters. The Labute approximate surface area is 235 Å². The summed E-state index contributed by atoms with van der Waals surface area (Å²) in [6, 6.07) is 10.0. The average molecular weight is 543 g/mol. The number of aromatic amines is 1. The first-order chi connectivity index (χ1) is 19.0. The number of hydrogen-bond acceptors (Lipinski definition) is 7. The highest BCUT2D eigenvalue weighted by Crippen LogP contribution is 2.48. The van der Waals surface area contributed by atoms with Crippen LogP contribution in [0.3, 0.4) is 0 Å². The molecule has 3 unspecified atom stereocenters. The van der Waals surface area contributed by atoms with Crippen LogP contribution in [0.1, 0.15) is 80.2 Å². The lowest BCUT2D eigenvalue weighted by atomic mass is 9.68. The number of esters is 1. The van der Waals surface area contributed by atoms with Crippen LogP contribution < -0.4 is 0 Å². The van der Waals surface area contributed by atoms with Crippen LogP contribution in [0.5, 0.6) is 0 Å². The first-order valence-corrected chi connectivity index (χ1v) is 14.0. The summed E-state index contributed by atoms with van der Waals surface area (Å²) in [6.45, 7) is 14.4. The number of aromatic nitrogens is 3. The van der Waals surface area contributed by atoms with Crippen LogP contribution in [0, 0.1) is 26.7 Å². The predicted molar refractivity (Wildman–Crippen MR) is 155 cm³/mol. The van der Waals surface area contributed by atoms with Gasteiger partial charge in [0.2, 0.25) is 0 Å². The van der Waals surface area contributed by atoms with Gasteiger partial charge in [0.1, 0.15) is 17.0 Å². The smallest absolute Gasteiger partial charge is 0.315 e. The molecule has 0 fully saturated rings. The number of nitrogens with zero attached hydrogens (tertiary/aromatic N) is 3. The van der Waals surface area contributed by atoms with E-state index in [0.717, 1.165) is 11.3 Å². The van der Waals surface area contributed by atoms with Gasteiger partial charge in [-0.2, -0.15) is 15.4 Å². The molecular weight excluding hydrogens is 504 g/mol. The lowest BCUT2D eigenvalue weighted by Gasteiger charge is -2.38. The third kappa shape index (κ3) is 5.24. The number of carbonyl (C=O) groups is 2. The number of fused-ring (bicyclic) bond motifs is 1. The quantitative estimate of drug-likeness (QED) is 0.394. The number of nitrogens with one attached hydrogen (secondary N) is 1. The molecule has 1 aliphatic carbocycles. The van der Waals surface area contributed by atoms with Crippen LogP contribution in [-0.4, -0.2) is 51.7 Å². The Kier molecular flexibility index (Phi) is 7.48. The van der Waals surface area contributed by atoms with Gasteiger partial charge in [0.05, 0.1) is 24.5 Å². The zero-order valence-corrected chi connectivity index (χ0v) is 24.4. The highest BCUT2D eigenvalue weighted by Gasteiger charge is 2.47. The molecule has 0 saturated heterocycles. The second kappa shape index (κ2) is 10.7. The van der Waals surface area contributed by atoms with Crippen molar-refractivity contribution >= 4 is 28.5 Å². The Morgan fingerprint density at radius 1 is 1.07 bits per heavy atom. The number of carbonyl (C=O) groups excluding carboxylic acids is 2. The van der Waals surface area contributed by atoms with Gasteiger partial charge in [-0.25, -0.2) is 0 Å². The van der Waals surface area contributed by atoms with Gasteiger partial charge < -0.3 is 9.47 Å². The number of aliphatic imine (C=N–C) groups is 1. The van der Waals surface area contributed by atoms with E-state index in [0.29, 0.717) is 35.2 Å². The highest BCUT2D eigenvalue weighted by molar-refractivity contribution is 6.11. The van der Waals surface area contributed by atoms with Crippen LogP contribution in [0.2, 0.25) is 0 Å². The number of rotatable bonds is 6. The number of allylic oxidation sites excluding steroid dienone is 2. The molecule has 1 aliphatic heterocycles. The van der Waals surface area contributed by atoms with E-state index in [2.05, 4.69) is 48.3 Å². The molecule has 3 aromatic rings. The van der Waals surface area contributed by atoms with E-state index in [4.69, 9.17) is 14.5 Å². The largest absolute Gasteiger partial charge is 0.465 e. The number of aryl methyl sites for hydroxylation is 3. The Balaban J connectivity index is 1.70. The van der Waals surface area contributed by atoms with Crippen LogP contribution in [0.4, 0.5) is 0 Å². The maximum absolute atomic E-state index is 14.2. The molecule has 2 heterocycles. The number of ketones is 1. The fourth-order valence-electron chi connectivity index (χ4n) is 6.40. The summed E-state index contributed by atoms with van der Waals surface area (Å²) in [6.07, 6.45) is 0.958. The van der Waals surface area contributed by atoms with Crippen molar-refractivity contribution in [3.8, 4) is 0 Å². The Bertz CT molecular complexity index is 1520. The SMILES string of the molecule is CCOC(=O)C1C(COC(C)(C)C)=NC2=C(C(=O)CC(c3c(C)cc(C)cc3C)C2)C1c1cccc2n[nH]nc12. The summed E-state index contributed by atoms with van der Waals surface area (Å²) >= 11 is 0. The number of benzene rings is 2. The van der Waals surface area contributed by atoms with Gasteiger partial charge in [-0.15, -0.1) is 0 Å². The second-order valence-corrected chi connectivity index (χ2v) is 12.0. The Morgan fingerprint density at radius 3 is 2.48 bits per heavy atom. The molecule has 8 heteroatoms. The Hall–Kier alpha value is -3.65. The number of para-hydroxylation sites is 1. The molecule has 2 aliphatic rings. The van der Waals surface area contributed by atoms with Crippen LogP contribution in [0.15, 0.2) is 46.6 Å². The summed E-state index contributed by atoms with van der Waals surface area (Å²) in [5.41, 5.74) is 8.26. The highest BCUT2D eigenvalue weighted by atomic mass is 16.5. The van der Waals surface area contributed by atoms with Gasteiger partial charge in [-0.3, -0.25) is 14.6 Å². The fourth-order valence-corrected chi connectivity index (χ4v) is 6.40. The normalized spacial score (nSPS) is 21.4. The minimum absolute atomic E-state index is 0.00280. The first kappa shape index (κ1) is 27.9. The molecular formula is C32H38N4O4. The molecule has 1 aromatic heterocycles. The third-order valence-corrected chi connectivity index (χ3v) is 7.82. The first-order valence-electron chi connectivity index (χ1n) is 14.0.